The van der Waals surface area contributed by atoms with Crippen LogP contribution in [-0.2, 0) is 6.54 Å². The molecule has 1 fully saturated rings. The zero-order valence-electron chi connectivity index (χ0n) is 13.7. The Bertz CT molecular complexity index is 679. The topological polar surface area (TPSA) is 48.5 Å². The second-order valence-electron chi connectivity index (χ2n) is 6.00. The largest absolute Gasteiger partial charge is 0.354 e. The van der Waals surface area contributed by atoms with E-state index in [-0.39, 0.29) is 5.91 Å². The Hall–Kier alpha value is -2.11. The van der Waals surface area contributed by atoms with Gasteiger partial charge in [-0.25, -0.2) is 4.98 Å². The molecule has 24 heavy (non-hydrogen) atoms. The van der Waals surface area contributed by atoms with E-state index >= 15 is 0 Å². The monoisotopic (exact) mass is 344 g/mol. The van der Waals surface area contributed by atoms with Gasteiger partial charge in [-0.15, -0.1) is 0 Å². The van der Waals surface area contributed by atoms with Crippen LogP contribution in [0.2, 0.25) is 5.02 Å². The fourth-order valence-electron chi connectivity index (χ4n) is 2.63. The molecule has 6 heteroatoms. The molecule has 2 heterocycles. The lowest BCUT2D eigenvalue weighted by molar-refractivity contribution is 0.0951. The van der Waals surface area contributed by atoms with Gasteiger partial charge in [0, 0.05) is 49.5 Å². The molecule has 5 nitrogen and oxygen atoms in total. The van der Waals surface area contributed by atoms with Crippen molar-refractivity contribution in [1.29, 1.82) is 0 Å². The number of benzene rings is 1. The number of piperazine rings is 1. The van der Waals surface area contributed by atoms with Crippen molar-refractivity contribution in [3.63, 3.8) is 0 Å². The van der Waals surface area contributed by atoms with Crippen LogP contribution in [0.4, 0.5) is 5.82 Å². The summed E-state index contributed by atoms with van der Waals surface area (Å²) in [6.07, 6.45) is 1.83. The van der Waals surface area contributed by atoms with Crippen LogP contribution in [0.3, 0.4) is 0 Å². The van der Waals surface area contributed by atoms with Gasteiger partial charge in [-0.05, 0) is 42.9 Å². The smallest absolute Gasteiger partial charge is 0.251 e. The lowest BCUT2D eigenvalue weighted by Gasteiger charge is -2.33. The van der Waals surface area contributed by atoms with Crippen molar-refractivity contribution in [3.05, 3.63) is 58.7 Å². The highest BCUT2D eigenvalue weighted by atomic mass is 35.5. The summed E-state index contributed by atoms with van der Waals surface area (Å²) in [6.45, 7) is 4.56. The van der Waals surface area contributed by atoms with E-state index in [0.717, 1.165) is 37.6 Å². The van der Waals surface area contributed by atoms with Gasteiger partial charge in [-0.2, -0.15) is 0 Å². The fraction of sp³-hybridized carbons (Fsp3) is 0.333. The van der Waals surface area contributed by atoms with Crippen molar-refractivity contribution < 1.29 is 4.79 Å². The van der Waals surface area contributed by atoms with E-state index in [0.29, 0.717) is 17.1 Å². The molecule has 0 spiro atoms. The number of nitrogens with zero attached hydrogens (tertiary/aromatic N) is 3. The second kappa shape index (κ2) is 7.64. The highest BCUT2D eigenvalue weighted by Gasteiger charge is 2.15. The average molecular weight is 345 g/mol. The molecule has 1 aromatic carbocycles. The number of hydrogen-bond acceptors (Lipinski definition) is 4. The molecule has 1 amide bonds. The Balaban J connectivity index is 1.54. The molecule has 0 saturated carbocycles. The summed E-state index contributed by atoms with van der Waals surface area (Å²) >= 11 is 5.83. The molecule has 2 aromatic rings. The molecule has 1 N–H and O–H groups in total. The van der Waals surface area contributed by atoms with Gasteiger partial charge in [-0.3, -0.25) is 4.79 Å². The number of amides is 1. The molecule has 1 aliphatic heterocycles. The van der Waals surface area contributed by atoms with Gasteiger partial charge < -0.3 is 15.1 Å². The third-order valence-electron chi connectivity index (χ3n) is 4.20. The highest BCUT2D eigenvalue weighted by Crippen LogP contribution is 2.14. The minimum atomic E-state index is -0.116. The van der Waals surface area contributed by atoms with E-state index in [2.05, 4.69) is 27.1 Å². The van der Waals surface area contributed by atoms with Crippen molar-refractivity contribution in [1.82, 2.24) is 15.2 Å². The van der Waals surface area contributed by atoms with E-state index in [1.807, 2.05) is 18.3 Å². The minimum Gasteiger partial charge on any atom is -0.354 e. The van der Waals surface area contributed by atoms with Crippen molar-refractivity contribution >= 4 is 23.3 Å². The maximum absolute atomic E-state index is 12.1. The molecule has 3 rings (SSSR count). The number of nitrogens with one attached hydrogen (secondary N) is 1. The molecule has 0 radical (unpaired) electrons. The van der Waals surface area contributed by atoms with Gasteiger partial charge in [0.1, 0.15) is 5.82 Å². The maximum atomic E-state index is 12.1. The number of anilines is 1. The minimum absolute atomic E-state index is 0.116. The molecule has 0 bridgehead atoms. The SMILES string of the molecule is CN1CCN(c2ccc(CNC(=O)c3ccc(Cl)cc3)cn2)CC1. The van der Waals surface area contributed by atoms with Crippen LogP contribution in [0.25, 0.3) is 0 Å². The van der Waals surface area contributed by atoms with Gasteiger partial charge in [0.05, 0.1) is 0 Å². The Morgan fingerprint density at radius 3 is 2.46 bits per heavy atom. The molecule has 1 aliphatic rings. The van der Waals surface area contributed by atoms with E-state index in [9.17, 15) is 4.79 Å². The molecule has 0 aliphatic carbocycles. The quantitative estimate of drug-likeness (QED) is 0.925. The number of carbonyl (C=O) groups is 1. The van der Waals surface area contributed by atoms with Crippen LogP contribution in [0.15, 0.2) is 42.6 Å². The van der Waals surface area contributed by atoms with Crippen LogP contribution in [0.1, 0.15) is 15.9 Å². The fourth-order valence-corrected chi connectivity index (χ4v) is 2.76. The van der Waals surface area contributed by atoms with E-state index in [4.69, 9.17) is 11.6 Å². The average Bonchev–Trinajstić information content (AvgIpc) is 2.61. The first kappa shape index (κ1) is 16.7. The third kappa shape index (κ3) is 4.24. The Morgan fingerprint density at radius 2 is 1.83 bits per heavy atom. The summed E-state index contributed by atoms with van der Waals surface area (Å²) < 4.78 is 0. The zero-order valence-corrected chi connectivity index (χ0v) is 14.5. The molecule has 0 atom stereocenters. The zero-order chi connectivity index (χ0) is 16.9. The first-order chi connectivity index (χ1) is 11.6. The molecule has 1 aromatic heterocycles. The summed E-state index contributed by atoms with van der Waals surface area (Å²) in [7, 11) is 2.14. The van der Waals surface area contributed by atoms with Crippen LogP contribution in [-0.4, -0.2) is 49.0 Å². The van der Waals surface area contributed by atoms with Crippen LogP contribution >= 0.6 is 11.6 Å². The number of aromatic nitrogens is 1. The number of rotatable bonds is 4. The molecule has 0 unspecified atom stereocenters. The van der Waals surface area contributed by atoms with Crippen LogP contribution in [0, 0.1) is 0 Å². The summed E-state index contributed by atoms with van der Waals surface area (Å²) in [6, 6.07) is 10.9. The van der Waals surface area contributed by atoms with Gasteiger partial charge >= 0.3 is 0 Å². The first-order valence-electron chi connectivity index (χ1n) is 8.04. The van der Waals surface area contributed by atoms with E-state index < -0.39 is 0 Å². The lowest BCUT2D eigenvalue weighted by atomic mass is 10.2. The molecular weight excluding hydrogens is 324 g/mol. The summed E-state index contributed by atoms with van der Waals surface area (Å²) in [5, 5.41) is 3.52. The second-order valence-corrected chi connectivity index (χ2v) is 6.44. The van der Waals surface area contributed by atoms with E-state index in [1.165, 1.54) is 0 Å². The van der Waals surface area contributed by atoms with Crippen LogP contribution < -0.4 is 10.2 Å². The first-order valence-corrected chi connectivity index (χ1v) is 8.42. The normalized spacial score (nSPS) is 15.3. The Morgan fingerprint density at radius 1 is 1.12 bits per heavy atom. The Kier molecular flexibility index (Phi) is 5.33. The predicted molar refractivity (Wildman–Crippen MR) is 96.6 cm³/mol. The van der Waals surface area contributed by atoms with Gasteiger partial charge in [0.25, 0.3) is 5.91 Å². The maximum Gasteiger partial charge on any atom is 0.251 e. The Labute approximate surface area is 147 Å². The third-order valence-corrected chi connectivity index (χ3v) is 4.45. The van der Waals surface area contributed by atoms with Crippen molar-refractivity contribution in [2.24, 2.45) is 0 Å². The van der Waals surface area contributed by atoms with E-state index in [1.54, 1.807) is 24.3 Å². The number of carbonyl (C=O) groups excluding carboxylic acids is 1. The van der Waals surface area contributed by atoms with Crippen molar-refractivity contribution in [2.45, 2.75) is 6.54 Å². The predicted octanol–water partition coefficient (Wildman–Crippen LogP) is 2.42. The summed E-state index contributed by atoms with van der Waals surface area (Å²) in [5.41, 5.74) is 1.58. The molecular formula is C18H21ClN4O. The highest BCUT2D eigenvalue weighted by molar-refractivity contribution is 6.30. The number of pyridine rings is 1. The molecule has 1 saturated heterocycles. The van der Waals surface area contributed by atoms with Crippen LogP contribution in [0.5, 0.6) is 0 Å². The van der Waals surface area contributed by atoms with Gasteiger partial charge in [-0.1, -0.05) is 17.7 Å². The summed E-state index contributed by atoms with van der Waals surface area (Å²) in [4.78, 5) is 21.2. The van der Waals surface area contributed by atoms with Gasteiger partial charge in [0.15, 0.2) is 0 Å². The summed E-state index contributed by atoms with van der Waals surface area (Å²) in [5.74, 6) is 0.880. The lowest BCUT2D eigenvalue weighted by Crippen LogP contribution is -2.44. The molecule has 126 valence electrons. The number of hydrogen-bond donors (Lipinski definition) is 1. The number of likely N-dealkylation sites (N-methyl/N-ethyl adjacent to an activating group) is 1. The van der Waals surface area contributed by atoms with Crippen molar-refractivity contribution in [2.75, 3.05) is 38.1 Å². The number of halogens is 1. The van der Waals surface area contributed by atoms with Gasteiger partial charge in [0.2, 0.25) is 0 Å². The van der Waals surface area contributed by atoms with Crippen molar-refractivity contribution in [3.8, 4) is 0 Å². The standard InChI is InChI=1S/C18H21ClN4O/c1-22-8-10-23(11-9-22)17-7-2-14(12-20-17)13-21-18(24)15-3-5-16(19)6-4-15/h2-7,12H,8-11,13H2,1H3,(H,21,24).